The first-order valence-corrected chi connectivity index (χ1v) is 4.42. The third-order valence-corrected chi connectivity index (χ3v) is 1.93. The van der Waals surface area contributed by atoms with Crippen LogP contribution in [0.25, 0.3) is 0 Å². The summed E-state index contributed by atoms with van der Waals surface area (Å²) in [6.07, 6.45) is 0. The summed E-state index contributed by atoms with van der Waals surface area (Å²) >= 11 is 4.29. The summed E-state index contributed by atoms with van der Waals surface area (Å²) in [5.74, 6) is 0.455. The van der Waals surface area contributed by atoms with Crippen molar-refractivity contribution in [2.75, 3.05) is 0 Å². The fourth-order valence-electron chi connectivity index (χ4n) is 1.08. The molecule has 11 heavy (non-hydrogen) atoms. The molecule has 2 nitrogen and oxygen atoms in total. The van der Waals surface area contributed by atoms with E-state index in [9.17, 15) is 4.79 Å². The van der Waals surface area contributed by atoms with E-state index in [1.54, 1.807) is 0 Å². The second-order valence-electron chi connectivity index (χ2n) is 3.21. The summed E-state index contributed by atoms with van der Waals surface area (Å²) in [7, 11) is 0. The van der Waals surface area contributed by atoms with Crippen molar-refractivity contribution in [3.8, 4) is 0 Å². The van der Waals surface area contributed by atoms with Gasteiger partial charge < -0.3 is 5.32 Å². The smallest absolute Gasteiger partial charge is 0.217 e. The third kappa shape index (κ3) is 4.30. The average molecular weight is 175 g/mol. The van der Waals surface area contributed by atoms with Crippen molar-refractivity contribution in [2.45, 2.75) is 39.0 Å². The molecule has 0 heterocycles. The van der Waals surface area contributed by atoms with Crippen LogP contribution in [0.1, 0.15) is 27.7 Å². The molecule has 3 heteroatoms. The van der Waals surface area contributed by atoms with Gasteiger partial charge in [-0.3, -0.25) is 4.79 Å². The Kier molecular flexibility index (Phi) is 4.57. The van der Waals surface area contributed by atoms with Crippen LogP contribution in [0.5, 0.6) is 0 Å². The lowest BCUT2D eigenvalue weighted by Gasteiger charge is -2.24. The van der Waals surface area contributed by atoms with E-state index in [-0.39, 0.29) is 17.2 Å². The fraction of sp³-hybridized carbons (Fsp3) is 0.875. The normalized spacial score (nSPS) is 16.2. The zero-order valence-electron chi connectivity index (χ0n) is 7.59. The minimum atomic E-state index is 0.0181. The molecule has 0 spiro atoms. The quantitative estimate of drug-likeness (QED) is 0.625. The molecule has 0 radical (unpaired) electrons. The van der Waals surface area contributed by atoms with E-state index < -0.39 is 0 Å². The Morgan fingerprint density at radius 3 is 1.91 bits per heavy atom. The minimum Gasteiger partial charge on any atom is -0.352 e. The maximum absolute atomic E-state index is 10.7. The Morgan fingerprint density at radius 2 is 1.82 bits per heavy atom. The zero-order chi connectivity index (χ0) is 9.02. The molecule has 0 aliphatic rings. The zero-order valence-corrected chi connectivity index (χ0v) is 8.48. The summed E-state index contributed by atoms with van der Waals surface area (Å²) in [4.78, 5) is 10.7. The van der Waals surface area contributed by atoms with Crippen molar-refractivity contribution in [1.82, 2.24) is 5.32 Å². The van der Waals surface area contributed by atoms with Crippen LogP contribution in [0.2, 0.25) is 0 Å². The van der Waals surface area contributed by atoms with Crippen molar-refractivity contribution in [2.24, 2.45) is 5.92 Å². The monoisotopic (exact) mass is 175 g/mol. The van der Waals surface area contributed by atoms with Crippen LogP contribution in [0.15, 0.2) is 0 Å². The molecule has 1 N–H and O–H groups in total. The second kappa shape index (κ2) is 4.65. The maximum Gasteiger partial charge on any atom is 0.217 e. The van der Waals surface area contributed by atoms with E-state index in [2.05, 4.69) is 31.8 Å². The molecule has 1 amide bonds. The van der Waals surface area contributed by atoms with E-state index in [4.69, 9.17) is 0 Å². The van der Waals surface area contributed by atoms with E-state index >= 15 is 0 Å². The van der Waals surface area contributed by atoms with Gasteiger partial charge in [-0.25, -0.2) is 0 Å². The predicted molar refractivity (Wildman–Crippen MR) is 50.9 cm³/mol. The highest BCUT2D eigenvalue weighted by Gasteiger charge is 2.18. The molecule has 0 aromatic carbocycles. The maximum atomic E-state index is 10.7. The standard InChI is InChI=1S/C8H17NOS/c1-5(2)8(6(3)11)9-7(4)10/h5-6,8,11H,1-4H3,(H,9,10)/t6-,8?/m0/s1. The molecule has 66 valence electrons. The van der Waals surface area contributed by atoms with Crippen LogP contribution in [-0.2, 0) is 4.79 Å². The first-order valence-electron chi connectivity index (χ1n) is 3.90. The second-order valence-corrected chi connectivity index (χ2v) is 4.03. The van der Waals surface area contributed by atoms with E-state index in [1.165, 1.54) is 6.92 Å². The van der Waals surface area contributed by atoms with Gasteiger partial charge in [0.25, 0.3) is 0 Å². The first-order chi connectivity index (χ1) is 4.95. The molecule has 0 saturated heterocycles. The number of rotatable bonds is 3. The Morgan fingerprint density at radius 1 is 1.36 bits per heavy atom. The van der Waals surface area contributed by atoms with Gasteiger partial charge in [0.2, 0.25) is 5.91 Å². The SMILES string of the molecule is CC(=O)NC(C(C)C)[C@H](C)S. The van der Waals surface area contributed by atoms with Crippen LogP contribution >= 0.6 is 12.6 Å². The van der Waals surface area contributed by atoms with Gasteiger partial charge in [0.05, 0.1) is 0 Å². The number of hydrogen-bond acceptors (Lipinski definition) is 2. The highest BCUT2D eigenvalue weighted by atomic mass is 32.1. The number of carbonyl (C=O) groups excluding carboxylic acids is 1. The number of carbonyl (C=O) groups is 1. The Bertz CT molecular complexity index is 126. The predicted octanol–water partition coefficient (Wildman–Crippen LogP) is 1.47. The van der Waals surface area contributed by atoms with Gasteiger partial charge in [-0.1, -0.05) is 20.8 Å². The van der Waals surface area contributed by atoms with Crippen LogP contribution < -0.4 is 5.32 Å². The van der Waals surface area contributed by atoms with Crippen molar-refractivity contribution in [3.63, 3.8) is 0 Å². The molecular formula is C8H17NOS. The van der Waals surface area contributed by atoms with Crippen LogP contribution in [0.4, 0.5) is 0 Å². The van der Waals surface area contributed by atoms with Gasteiger partial charge in [-0.05, 0) is 5.92 Å². The van der Waals surface area contributed by atoms with E-state index in [1.807, 2.05) is 6.92 Å². The Labute approximate surface area is 74.2 Å². The molecule has 0 aliphatic heterocycles. The molecule has 0 aromatic heterocycles. The number of hydrogen-bond donors (Lipinski definition) is 2. The van der Waals surface area contributed by atoms with Gasteiger partial charge in [0.1, 0.15) is 0 Å². The fourth-order valence-corrected chi connectivity index (χ4v) is 1.50. The molecule has 1 unspecified atom stereocenters. The van der Waals surface area contributed by atoms with E-state index in [0.717, 1.165) is 0 Å². The highest BCUT2D eigenvalue weighted by molar-refractivity contribution is 7.81. The van der Waals surface area contributed by atoms with Gasteiger partial charge in [-0.2, -0.15) is 12.6 Å². The molecular weight excluding hydrogens is 158 g/mol. The Balaban J connectivity index is 4.00. The molecule has 0 fully saturated rings. The molecule has 0 rings (SSSR count). The van der Waals surface area contributed by atoms with E-state index in [0.29, 0.717) is 5.92 Å². The highest BCUT2D eigenvalue weighted by Crippen LogP contribution is 2.10. The summed E-state index contributed by atoms with van der Waals surface area (Å²) in [6, 6.07) is 0.177. The molecule has 0 saturated carbocycles. The first kappa shape index (κ1) is 10.8. The van der Waals surface area contributed by atoms with Crippen molar-refractivity contribution in [3.05, 3.63) is 0 Å². The lowest BCUT2D eigenvalue weighted by Crippen LogP contribution is -2.42. The molecule has 0 aliphatic carbocycles. The minimum absolute atomic E-state index is 0.0181. The van der Waals surface area contributed by atoms with Crippen LogP contribution in [-0.4, -0.2) is 17.2 Å². The lowest BCUT2D eigenvalue weighted by molar-refractivity contribution is -0.119. The van der Waals surface area contributed by atoms with Gasteiger partial charge in [0.15, 0.2) is 0 Å². The summed E-state index contributed by atoms with van der Waals surface area (Å²) in [5.41, 5.74) is 0. The van der Waals surface area contributed by atoms with Crippen molar-refractivity contribution in [1.29, 1.82) is 0 Å². The largest absolute Gasteiger partial charge is 0.352 e. The summed E-state index contributed by atoms with van der Waals surface area (Å²) < 4.78 is 0. The molecule has 0 bridgehead atoms. The summed E-state index contributed by atoms with van der Waals surface area (Å²) in [6.45, 7) is 7.68. The van der Waals surface area contributed by atoms with Crippen LogP contribution in [0, 0.1) is 5.92 Å². The lowest BCUT2D eigenvalue weighted by atomic mass is 10.0. The van der Waals surface area contributed by atoms with Crippen LogP contribution in [0.3, 0.4) is 0 Å². The van der Waals surface area contributed by atoms with Crippen molar-refractivity contribution >= 4 is 18.5 Å². The topological polar surface area (TPSA) is 29.1 Å². The van der Waals surface area contributed by atoms with Gasteiger partial charge in [-0.15, -0.1) is 0 Å². The molecule has 0 aromatic rings. The summed E-state index contributed by atoms with van der Waals surface area (Å²) in [5, 5.41) is 3.07. The van der Waals surface area contributed by atoms with Crippen molar-refractivity contribution < 1.29 is 4.79 Å². The number of amides is 1. The molecule has 2 atom stereocenters. The number of thiol groups is 1. The Hall–Kier alpha value is -0.180. The van der Waals surface area contributed by atoms with Gasteiger partial charge in [0, 0.05) is 18.2 Å². The third-order valence-electron chi connectivity index (χ3n) is 1.61. The number of nitrogens with one attached hydrogen (secondary N) is 1. The van der Waals surface area contributed by atoms with Gasteiger partial charge >= 0.3 is 0 Å². The average Bonchev–Trinajstić information content (AvgIpc) is 1.81.